The maximum Gasteiger partial charge on any atom is 0.344 e. The summed E-state index contributed by atoms with van der Waals surface area (Å²) in [5.74, 6) is -0.118. The van der Waals surface area contributed by atoms with Gasteiger partial charge < -0.3 is 14.6 Å². The molecule has 3 rings (SSSR count). The van der Waals surface area contributed by atoms with Crippen molar-refractivity contribution in [2.45, 2.75) is 13.8 Å². The predicted octanol–water partition coefficient (Wildman–Crippen LogP) is 5.97. The number of hydrogen-bond acceptors (Lipinski definition) is 6. The van der Waals surface area contributed by atoms with Crippen molar-refractivity contribution in [1.82, 2.24) is 0 Å². The van der Waals surface area contributed by atoms with Crippen LogP contribution in [0.1, 0.15) is 12.5 Å². The van der Waals surface area contributed by atoms with Crippen LogP contribution in [0.25, 0.3) is 10.8 Å². The molecule has 28 heavy (non-hydrogen) atoms. The second kappa shape index (κ2) is 8.84. The molecule has 0 aliphatic rings. The number of nitrogens with zero attached hydrogens (tertiary/aromatic N) is 2. The zero-order valence-corrected chi connectivity index (χ0v) is 17.1. The van der Waals surface area contributed by atoms with E-state index in [0.29, 0.717) is 33.5 Å². The zero-order chi connectivity index (χ0) is 20.1. The maximum atomic E-state index is 11.7. The Hall–Kier alpha value is -2.93. The Bertz CT molecular complexity index is 1030. The van der Waals surface area contributed by atoms with E-state index in [0.717, 1.165) is 4.47 Å². The topological polar surface area (TPSA) is 80.5 Å². The molecule has 0 aromatic heterocycles. The molecule has 1 N–H and O–H groups in total. The van der Waals surface area contributed by atoms with Crippen molar-refractivity contribution in [2.75, 3.05) is 13.2 Å². The van der Waals surface area contributed by atoms with Gasteiger partial charge in [0.25, 0.3) is 0 Å². The fourth-order valence-electron chi connectivity index (χ4n) is 2.73. The Morgan fingerprint density at radius 1 is 1.07 bits per heavy atom. The van der Waals surface area contributed by atoms with Gasteiger partial charge in [-0.1, -0.05) is 40.2 Å². The highest BCUT2D eigenvalue weighted by Crippen LogP contribution is 2.45. The number of ether oxygens (including phenoxy) is 2. The molecule has 0 radical (unpaired) electrons. The lowest BCUT2D eigenvalue weighted by molar-refractivity contribution is -0.145. The molecule has 6 nitrogen and oxygen atoms in total. The van der Waals surface area contributed by atoms with Crippen molar-refractivity contribution in [2.24, 2.45) is 10.2 Å². The third kappa shape index (κ3) is 4.31. The molecule has 0 spiro atoms. The fourth-order valence-corrected chi connectivity index (χ4v) is 3.00. The summed E-state index contributed by atoms with van der Waals surface area (Å²) in [4.78, 5) is 11.7. The molecule has 0 saturated carbocycles. The second-order valence-electron chi connectivity index (χ2n) is 5.97. The van der Waals surface area contributed by atoms with Crippen LogP contribution in [0.3, 0.4) is 0 Å². The number of halogens is 1. The van der Waals surface area contributed by atoms with Crippen LogP contribution in [-0.2, 0) is 9.53 Å². The van der Waals surface area contributed by atoms with Gasteiger partial charge in [-0.05, 0) is 38.1 Å². The number of carbonyl (C=O) groups excluding carboxylic acids is 1. The van der Waals surface area contributed by atoms with Crippen LogP contribution >= 0.6 is 15.9 Å². The number of hydrogen-bond donors (Lipinski definition) is 1. The minimum absolute atomic E-state index is 0.0806. The molecule has 0 saturated heterocycles. The first-order chi connectivity index (χ1) is 13.5. The smallest absolute Gasteiger partial charge is 0.344 e. The van der Waals surface area contributed by atoms with E-state index in [1.54, 1.807) is 19.9 Å². The molecule has 0 aliphatic carbocycles. The fraction of sp³-hybridized carbons (Fsp3) is 0.190. The van der Waals surface area contributed by atoms with E-state index < -0.39 is 5.97 Å². The van der Waals surface area contributed by atoms with Crippen LogP contribution in [0, 0.1) is 6.92 Å². The summed E-state index contributed by atoms with van der Waals surface area (Å²) in [5, 5.41) is 20.5. The van der Waals surface area contributed by atoms with Gasteiger partial charge in [0, 0.05) is 20.8 Å². The molecular weight excluding hydrogens is 424 g/mol. The van der Waals surface area contributed by atoms with E-state index in [2.05, 4.69) is 26.2 Å². The quantitative estimate of drug-likeness (QED) is 0.376. The minimum Gasteiger partial charge on any atom is -0.507 e. The number of rotatable bonds is 6. The molecule has 0 amide bonds. The summed E-state index contributed by atoms with van der Waals surface area (Å²) < 4.78 is 11.5. The van der Waals surface area contributed by atoms with E-state index >= 15 is 0 Å². The number of aromatic hydroxyl groups is 1. The third-order valence-corrected chi connectivity index (χ3v) is 4.61. The van der Waals surface area contributed by atoms with Crippen molar-refractivity contribution in [1.29, 1.82) is 0 Å². The first-order valence-corrected chi connectivity index (χ1v) is 9.50. The largest absolute Gasteiger partial charge is 0.507 e. The molecule has 0 bridgehead atoms. The van der Waals surface area contributed by atoms with Crippen molar-refractivity contribution in [3.05, 3.63) is 58.6 Å². The Balaban J connectivity index is 2.08. The summed E-state index contributed by atoms with van der Waals surface area (Å²) in [6.45, 7) is 3.41. The summed E-state index contributed by atoms with van der Waals surface area (Å²) in [5.41, 5.74) is 1.58. The van der Waals surface area contributed by atoms with Crippen molar-refractivity contribution >= 4 is 44.0 Å². The van der Waals surface area contributed by atoms with Crippen LogP contribution in [-0.4, -0.2) is 24.3 Å². The Labute approximate surface area is 170 Å². The van der Waals surface area contributed by atoms with Gasteiger partial charge in [-0.2, -0.15) is 5.11 Å². The lowest BCUT2D eigenvalue weighted by Gasteiger charge is -2.15. The first kappa shape index (κ1) is 19.8. The normalized spacial score (nSPS) is 11.1. The van der Waals surface area contributed by atoms with Crippen molar-refractivity contribution < 1.29 is 19.4 Å². The average molecular weight is 443 g/mol. The lowest BCUT2D eigenvalue weighted by atomic mass is 10.0. The van der Waals surface area contributed by atoms with Crippen LogP contribution in [0.5, 0.6) is 11.5 Å². The molecule has 0 aliphatic heterocycles. The van der Waals surface area contributed by atoms with Crippen molar-refractivity contribution in [3.8, 4) is 11.5 Å². The van der Waals surface area contributed by atoms with Crippen LogP contribution in [0.2, 0.25) is 0 Å². The summed E-state index contributed by atoms with van der Waals surface area (Å²) >= 11 is 3.39. The molecule has 3 aromatic carbocycles. The summed E-state index contributed by atoms with van der Waals surface area (Å²) in [7, 11) is 0. The van der Waals surface area contributed by atoms with Crippen molar-refractivity contribution in [3.63, 3.8) is 0 Å². The van der Waals surface area contributed by atoms with Gasteiger partial charge >= 0.3 is 5.97 Å². The van der Waals surface area contributed by atoms with Gasteiger partial charge in [-0.15, -0.1) is 5.11 Å². The van der Waals surface area contributed by atoms with E-state index in [9.17, 15) is 9.90 Å². The predicted molar refractivity (Wildman–Crippen MR) is 111 cm³/mol. The standard InChI is InChI=1S/C21H19BrN2O4/c1-3-27-18(25)12-28-21-13(2)20(26)17-7-5-4-6-16(17)19(21)24-23-15-10-8-14(22)9-11-15/h4-11,26H,3,12H2,1-2H3. The second-order valence-corrected chi connectivity index (χ2v) is 6.88. The lowest BCUT2D eigenvalue weighted by Crippen LogP contribution is -2.15. The van der Waals surface area contributed by atoms with Crippen LogP contribution in [0.4, 0.5) is 11.4 Å². The Morgan fingerprint density at radius 2 is 1.75 bits per heavy atom. The van der Waals surface area contributed by atoms with Gasteiger partial charge in [0.05, 0.1) is 12.3 Å². The number of azo groups is 1. The third-order valence-electron chi connectivity index (χ3n) is 4.08. The molecular formula is C21H19BrN2O4. The van der Waals surface area contributed by atoms with Gasteiger partial charge in [0.1, 0.15) is 11.4 Å². The summed E-state index contributed by atoms with van der Waals surface area (Å²) in [6.07, 6.45) is 0. The summed E-state index contributed by atoms with van der Waals surface area (Å²) in [6, 6.07) is 14.7. The number of phenolic OH excluding ortho intramolecular Hbond substituents is 1. The average Bonchev–Trinajstić information content (AvgIpc) is 2.70. The molecule has 0 atom stereocenters. The minimum atomic E-state index is -0.495. The molecule has 0 fully saturated rings. The molecule has 144 valence electrons. The van der Waals surface area contributed by atoms with Gasteiger partial charge in [0.15, 0.2) is 12.4 Å². The molecule has 7 heteroatoms. The monoisotopic (exact) mass is 442 g/mol. The highest BCUT2D eigenvalue weighted by molar-refractivity contribution is 9.10. The highest BCUT2D eigenvalue weighted by atomic mass is 79.9. The Morgan fingerprint density at radius 3 is 2.43 bits per heavy atom. The van der Waals surface area contributed by atoms with E-state index in [1.165, 1.54) is 0 Å². The first-order valence-electron chi connectivity index (χ1n) is 8.71. The number of carbonyl (C=O) groups is 1. The highest BCUT2D eigenvalue weighted by Gasteiger charge is 2.19. The van der Waals surface area contributed by atoms with E-state index in [4.69, 9.17) is 9.47 Å². The van der Waals surface area contributed by atoms with Crippen LogP contribution < -0.4 is 4.74 Å². The van der Waals surface area contributed by atoms with E-state index in [-0.39, 0.29) is 19.0 Å². The number of phenols is 1. The molecule has 0 unspecified atom stereocenters. The SMILES string of the molecule is CCOC(=O)COc1c(C)c(O)c2ccccc2c1N=Nc1ccc(Br)cc1. The van der Waals surface area contributed by atoms with Gasteiger partial charge in [0.2, 0.25) is 0 Å². The maximum absolute atomic E-state index is 11.7. The molecule has 0 heterocycles. The van der Waals surface area contributed by atoms with Gasteiger partial charge in [-0.25, -0.2) is 4.79 Å². The Kier molecular flexibility index (Phi) is 6.26. The number of fused-ring (bicyclic) bond motifs is 1. The van der Waals surface area contributed by atoms with Gasteiger partial charge in [-0.3, -0.25) is 0 Å². The molecule has 3 aromatic rings. The zero-order valence-electron chi connectivity index (χ0n) is 15.5. The van der Waals surface area contributed by atoms with Crippen LogP contribution in [0.15, 0.2) is 63.2 Å². The number of benzene rings is 3. The van der Waals surface area contributed by atoms with E-state index in [1.807, 2.05) is 42.5 Å². The number of esters is 1.